The summed E-state index contributed by atoms with van der Waals surface area (Å²) in [7, 11) is 0.969. The van der Waals surface area contributed by atoms with Crippen molar-refractivity contribution < 1.29 is 136 Å². The topological polar surface area (TPSA) is 833 Å². The predicted octanol–water partition coefficient (Wildman–Crippen LogP) is -5.81. The molecular weight excluding hydrogens is 1820 g/mol. The number of imidazole rings is 2. The van der Waals surface area contributed by atoms with Crippen LogP contribution in [0.25, 0.3) is 0 Å². The predicted molar refractivity (Wildman–Crippen MR) is 476 cm³/mol. The highest BCUT2D eigenvalue weighted by molar-refractivity contribution is 6.05. The van der Waals surface area contributed by atoms with Crippen molar-refractivity contribution in [1.29, 1.82) is 5.41 Å². The molecule has 30 N–H and O–H groups in total. The highest BCUT2D eigenvalue weighted by Crippen LogP contribution is 2.57. The van der Waals surface area contributed by atoms with Crippen LogP contribution in [0.15, 0.2) is 79.6 Å². The van der Waals surface area contributed by atoms with E-state index >= 15 is 0 Å². The normalized spacial score (nSPS) is 14.9. The van der Waals surface area contributed by atoms with E-state index in [-0.39, 0.29) is 89.3 Å². The number of nitrogens with zero attached hydrogens (tertiary/aromatic N) is 3. The molecule has 0 radical (unpaired) electrons. The molecular formula is C85H113N25O28. The summed E-state index contributed by atoms with van der Waals surface area (Å²) in [5.41, 5.74) is 17.7. The fourth-order valence-electron chi connectivity index (χ4n) is 14.1. The molecule has 0 fully saturated rings. The van der Waals surface area contributed by atoms with Crippen LogP contribution in [0.5, 0.6) is 23.0 Å². The summed E-state index contributed by atoms with van der Waals surface area (Å²) in [5, 5.41) is 92.8. The number of aromatic nitrogens is 4. The maximum absolute atomic E-state index is 14.3. The average Bonchev–Trinajstić information content (AvgIpc) is 1.52. The highest BCUT2D eigenvalue weighted by Gasteiger charge is 2.54. The second-order valence-electron chi connectivity index (χ2n) is 32.9. The number of carbonyl (C=O) groups excluding carboxylic acids is 18. The summed E-state index contributed by atoms with van der Waals surface area (Å²) in [5.74, 6) is -24.5. The number of aromatic amines is 2. The van der Waals surface area contributed by atoms with Gasteiger partial charge in [-0.15, -0.1) is 0 Å². The number of fused-ring (bicyclic) bond motifs is 6. The first-order chi connectivity index (χ1) is 65.0. The van der Waals surface area contributed by atoms with Gasteiger partial charge in [0, 0.05) is 92.5 Å². The number of guanidine groups is 1. The number of benzene rings is 3. The third-order valence-electron chi connectivity index (χ3n) is 21.8. The SMILES string of the molecule is CC[C@H](C)[C@H](NC(=O)[C@H](CCC(=O)O)NC(=O)N(C)NC(=O)[C@H](Cc1c[nH]cn1)NC(=O)[C@H](C)NC(=O)[C@H](C)NC(=O)[C@H](Cc1c[nH]cn1)NC(=O)[C@@H](NC(=O)[C@H](C)NC(=O)[C@H](CCC(N)=O)NC(=O)c1ccc2c(c1)C(=O)OC21c2ccc(O)cc2Oc2cc(O)ccc21)C(C)C)C(=O)N[C@@H](CC(N)=O)C(=O)N[C@@H](CCC(=O)O)C(=O)N[C@@H](C)C(=O)NCC(=O)N[C@@H](CCCNC(=N)N)C(=O)O. The standard InChI is InChI=1S/C85H113N25O28/c1-10-38(4)67(80(132)105-58(31-62(87)114)77(129)102-53(20-23-64(116)117)74(126)97-39(5)68(120)93-34-63(115)100-55(81(133)134)12-11-25-92-83(88)89)108-75(127)54(21-24-65(118)119)106-84(136)110(9)109-78(130)57(28-45-33-91-36-95-45)103-70(122)41(7)96-69(121)40(6)99-76(128)56(27-44-32-90-35-94-44)104-79(131)66(37(2)3)107-71(123)42(8)98-73(125)52(19-22-61(86)113)101-72(124)43-13-16-49-48(26-43)82(135)138-85(49)50-17-14-46(111)29-59(50)137-60-30-47(112)15-18-51(60)85/h13-18,26,29-30,32-33,35-42,52-58,66-67,111-112H,10-12,19-25,27-28,31,34H2,1-9H3,(H2,86,113)(H2,87,114)(H,90,94)(H,91,95)(H,93,120)(H,96,121)(H,97,126)(H,98,125)(H,99,128)(H,100,115)(H,101,124)(H,102,129)(H,103,122)(H,104,131)(H,105,132)(H,106,136)(H,107,123)(H,108,127)(H,109,130)(H,116,117)(H,118,119)(H,133,134)(H4,88,89,92)/t38-,39-,40-,41-,42-,52-,53-,54-,55-,56-,57-,58-,66-,67-/m0/s1. The first-order valence-electron chi connectivity index (χ1n) is 43.3. The smallest absolute Gasteiger partial charge is 0.340 e. The first kappa shape index (κ1) is 108. The number of hydrogen-bond donors (Lipinski definition) is 27. The zero-order valence-electron chi connectivity index (χ0n) is 76.3. The van der Waals surface area contributed by atoms with E-state index < -0.39 is 278 Å². The van der Waals surface area contributed by atoms with E-state index in [1.807, 2.05) is 0 Å². The van der Waals surface area contributed by atoms with Crippen LogP contribution >= 0.6 is 0 Å². The Morgan fingerprint density at radius 3 is 1.43 bits per heavy atom. The van der Waals surface area contributed by atoms with Crippen molar-refractivity contribution in [2.75, 3.05) is 20.1 Å². The Kier molecular flexibility index (Phi) is 39.3. The molecule has 18 amide bonds. The number of phenols is 2. The Morgan fingerprint density at radius 2 is 0.928 bits per heavy atom. The number of carboxylic acids is 3. The van der Waals surface area contributed by atoms with Gasteiger partial charge in [-0.1, -0.05) is 40.2 Å². The molecule has 138 heavy (non-hydrogen) atoms. The monoisotopic (exact) mass is 1930 g/mol. The molecule has 0 unspecified atom stereocenters. The van der Waals surface area contributed by atoms with Crippen LogP contribution < -0.4 is 107 Å². The van der Waals surface area contributed by atoms with Crippen molar-refractivity contribution in [2.24, 2.45) is 29.0 Å². The molecule has 0 aliphatic carbocycles. The van der Waals surface area contributed by atoms with Gasteiger partial charge in [0.2, 0.25) is 82.7 Å². The van der Waals surface area contributed by atoms with Gasteiger partial charge >= 0.3 is 29.9 Å². The molecule has 53 nitrogen and oxygen atoms in total. The maximum atomic E-state index is 14.3. The molecule has 53 heteroatoms. The van der Waals surface area contributed by atoms with Gasteiger partial charge in [0.05, 0.1) is 42.6 Å². The molecule has 0 saturated carbocycles. The number of hydrogen-bond acceptors (Lipinski definition) is 28. The number of H-pyrrole nitrogens is 2. The first-order valence-corrected chi connectivity index (χ1v) is 43.3. The number of carboxylic acid groups (broad SMARTS) is 3. The van der Waals surface area contributed by atoms with Gasteiger partial charge in [-0.2, -0.15) is 0 Å². The van der Waals surface area contributed by atoms with E-state index in [1.165, 1.54) is 121 Å². The molecule has 0 saturated heterocycles. The lowest BCUT2D eigenvalue weighted by Gasteiger charge is -2.36. The van der Waals surface area contributed by atoms with E-state index in [0.29, 0.717) is 16.1 Å². The number of amides is 18. The van der Waals surface area contributed by atoms with Gasteiger partial charge in [-0.05, 0) is 108 Å². The van der Waals surface area contributed by atoms with Crippen molar-refractivity contribution in [3.8, 4) is 23.0 Å². The maximum Gasteiger partial charge on any atom is 0.340 e. The molecule has 2 aliphatic rings. The molecule has 746 valence electrons. The average molecular weight is 1930 g/mol. The zero-order valence-corrected chi connectivity index (χ0v) is 76.3. The van der Waals surface area contributed by atoms with Crippen LogP contribution in [0.3, 0.4) is 0 Å². The molecule has 0 bridgehead atoms. The van der Waals surface area contributed by atoms with Crippen molar-refractivity contribution in [1.82, 2.24) is 110 Å². The number of rotatable bonds is 51. The van der Waals surface area contributed by atoms with Crippen LogP contribution in [0.4, 0.5) is 4.79 Å². The number of urea groups is 1. The fourth-order valence-corrected chi connectivity index (χ4v) is 14.1. The summed E-state index contributed by atoms with van der Waals surface area (Å²) in [4.78, 5) is 296. The highest BCUT2D eigenvalue weighted by atomic mass is 16.6. The van der Waals surface area contributed by atoms with Crippen LogP contribution in [-0.4, -0.2) is 280 Å². The van der Waals surface area contributed by atoms with Gasteiger partial charge in [0.15, 0.2) is 11.6 Å². The van der Waals surface area contributed by atoms with E-state index in [0.717, 1.165) is 14.0 Å². The van der Waals surface area contributed by atoms with Crippen LogP contribution in [0, 0.1) is 17.2 Å². The molecule has 2 aromatic heterocycles. The molecule has 3 aromatic carbocycles. The van der Waals surface area contributed by atoms with Crippen LogP contribution in [0.1, 0.15) is 168 Å². The number of nitrogens with one attached hydrogen (secondary N) is 19. The molecule has 7 rings (SSSR count). The fraction of sp³-hybridized carbons (Fsp3) is 0.459. The lowest BCUT2D eigenvalue weighted by molar-refractivity contribution is -0.142. The molecule has 5 aromatic rings. The number of phenolic OH excluding ortho intramolecular Hbond substituents is 2. The lowest BCUT2D eigenvalue weighted by atomic mass is 9.77. The van der Waals surface area contributed by atoms with Gasteiger partial charge in [-0.25, -0.2) is 29.4 Å². The number of primary amides is 2. The van der Waals surface area contributed by atoms with Crippen molar-refractivity contribution in [3.63, 3.8) is 0 Å². The summed E-state index contributed by atoms with van der Waals surface area (Å²) in [6.07, 6.45) is -0.192. The minimum absolute atomic E-state index is 0.0759. The van der Waals surface area contributed by atoms with Gasteiger partial charge in [0.1, 0.15) is 102 Å². The van der Waals surface area contributed by atoms with Crippen molar-refractivity contribution in [2.45, 2.75) is 217 Å². The number of aliphatic carboxylic acids is 3. The largest absolute Gasteiger partial charge is 0.508 e. The number of aromatic hydroxyl groups is 2. The van der Waals surface area contributed by atoms with Gasteiger partial charge < -0.3 is 142 Å². The summed E-state index contributed by atoms with van der Waals surface area (Å²) in [6, 6.07) is -10.2. The summed E-state index contributed by atoms with van der Waals surface area (Å²) >= 11 is 0. The van der Waals surface area contributed by atoms with Crippen molar-refractivity contribution >= 4 is 130 Å². The van der Waals surface area contributed by atoms with Crippen molar-refractivity contribution in [3.05, 3.63) is 119 Å². The third kappa shape index (κ3) is 31.0. The number of nitrogens with two attached hydrogens (primary N) is 3. The molecule has 14 atom stereocenters. The van der Waals surface area contributed by atoms with Gasteiger partial charge in [-0.3, -0.25) is 97.1 Å². The van der Waals surface area contributed by atoms with E-state index in [9.17, 15) is 126 Å². The van der Waals surface area contributed by atoms with Gasteiger partial charge in [0.25, 0.3) is 11.8 Å². The Hall–Kier alpha value is -16.6. The lowest BCUT2D eigenvalue weighted by Crippen LogP contribution is -2.62. The molecule has 2 aliphatic heterocycles. The second kappa shape index (κ2) is 50.0. The molecule has 4 heterocycles. The Bertz CT molecular complexity index is 5350. The molecule has 1 spiro atoms. The summed E-state index contributed by atoms with van der Waals surface area (Å²) in [6.45, 7) is 10.2. The van der Waals surface area contributed by atoms with E-state index in [1.54, 1.807) is 6.92 Å². The minimum atomic E-state index is -2.00. The zero-order chi connectivity index (χ0) is 102. The Balaban J connectivity index is 0.950. The second-order valence-corrected chi connectivity index (χ2v) is 32.9. The van der Waals surface area contributed by atoms with E-state index in [4.69, 9.17) is 32.1 Å². The quantitative estimate of drug-likeness (QED) is 0.00567. The number of ether oxygens (including phenoxy) is 2. The number of hydrazine groups is 1. The van der Waals surface area contributed by atoms with Crippen LogP contribution in [-0.2, 0) is 109 Å². The number of carbonyl (C=O) groups is 21. The van der Waals surface area contributed by atoms with E-state index in [2.05, 4.69) is 105 Å². The summed E-state index contributed by atoms with van der Waals surface area (Å²) < 4.78 is 12.1. The number of esters is 1. The third-order valence-corrected chi connectivity index (χ3v) is 21.8. The Labute approximate surface area is 786 Å². The minimum Gasteiger partial charge on any atom is -0.508 e. The van der Waals surface area contributed by atoms with Crippen LogP contribution in [0.2, 0.25) is 0 Å². The Morgan fingerprint density at radius 1 is 0.478 bits per heavy atom.